The fourth-order valence-corrected chi connectivity index (χ4v) is 3.50. The Morgan fingerprint density at radius 1 is 1.25 bits per heavy atom. The molecule has 5 nitrogen and oxygen atoms in total. The second-order valence-corrected chi connectivity index (χ2v) is 6.75. The summed E-state index contributed by atoms with van der Waals surface area (Å²) in [5.74, 6) is 0.142. The summed E-state index contributed by atoms with van der Waals surface area (Å²) >= 11 is 0. The molecule has 2 fully saturated rings. The molecule has 1 aromatic carbocycles. The van der Waals surface area contributed by atoms with Crippen LogP contribution in [0.5, 0.6) is 0 Å². The number of nitrogens with zero attached hydrogens (tertiary/aromatic N) is 2. The minimum atomic E-state index is -0.325. The van der Waals surface area contributed by atoms with E-state index in [9.17, 15) is 9.59 Å². The van der Waals surface area contributed by atoms with Gasteiger partial charge >= 0.3 is 0 Å². The fraction of sp³-hybridized carbons (Fsp3) is 0.556. The molecule has 2 heterocycles. The second-order valence-electron chi connectivity index (χ2n) is 6.75. The predicted molar refractivity (Wildman–Crippen MR) is 95.8 cm³/mol. The van der Waals surface area contributed by atoms with Gasteiger partial charge in [0.05, 0.1) is 0 Å². The molecule has 2 amide bonds. The first-order valence-electron chi connectivity index (χ1n) is 8.44. The molecule has 6 heteroatoms. The van der Waals surface area contributed by atoms with Crippen molar-refractivity contribution in [2.45, 2.75) is 51.2 Å². The van der Waals surface area contributed by atoms with Crippen LogP contribution in [-0.4, -0.2) is 46.8 Å². The number of piperidine rings is 1. The standard InChI is InChI=1S/C18H25N3O2.ClH/c1-13-4-6-14(7-5-13)11-21-16(8-9-17(21)22)18(23)20-10-2-3-15(19)12-20;/h4-7,15-16H,2-3,8-12,19H2,1H3;1H. The topological polar surface area (TPSA) is 66.6 Å². The Kier molecular flexibility index (Phi) is 6.24. The van der Waals surface area contributed by atoms with Crippen LogP contribution in [0, 0.1) is 6.92 Å². The number of rotatable bonds is 3. The molecule has 2 saturated heterocycles. The third kappa shape index (κ3) is 4.08. The minimum Gasteiger partial charge on any atom is -0.339 e. The van der Waals surface area contributed by atoms with Crippen LogP contribution in [0.1, 0.15) is 36.8 Å². The number of nitrogens with two attached hydrogens (primary N) is 1. The molecule has 2 aliphatic rings. The predicted octanol–water partition coefficient (Wildman–Crippen LogP) is 1.86. The third-order valence-electron chi connectivity index (χ3n) is 4.86. The number of amides is 2. The quantitative estimate of drug-likeness (QED) is 0.903. The number of halogens is 1. The highest BCUT2D eigenvalue weighted by atomic mass is 35.5. The van der Waals surface area contributed by atoms with Gasteiger partial charge in [-0.05, 0) is 31.7 Å². The Hall–Kier alpha value is -1.59. The van der Waals surface area contributed by atoms with Gasteiger partial charge in [0, 0.05) is 32.1 Å². The number of likely N-dealkylation sites (tertiary alicyclic amines) is 2. The maximum atomic E-state index is 12.8. The maximum Gasteiger partial charge on any atom is 0.245 e. The van der Waals surface area contributed by atoms with Crippen molar-refractivity contribution in [2.24, 2.45) is 5.73 Å². The van der Waals surface area contributed by atoms with Crippen LogP contribution in [0.4, 0.5) is 0 Å². The van der Waals surface area contributed by atoms with Crippen LogP contribution in [0.25, 0.3) is 0 Å². The Balaban J connectivity index is 0.00000208. The molecule has 24 heavy (non-hydrogen) atoms. The summed E-state index contributed by atoms with van der Waals surface area (Å²) in [7, 11) is 0. The van der Waals surface area contributed by atoms with Crippen LogP contribution in [0.3, 0.4) is 0 Å². The lowest BCUT2D eigenvalue weighted by molar-refractivity contribution is -0.142. The van der Waals surface area contributed by atoms with Crippen molar-refractivity contribution in [2.75, 3.05) is 13.1 Å². The molecule has 0 saturated carbocycles. The first-order chi connectivity index (χ1) is 11.0. The highest BCUT2D eigenvalue weighted by Crippen LogP contribution is 2.24. The van der Waals surface area contributed by atoms with Crippen LogP contribution >= 0.6 is 12.4 Å². The van der Waals surface area contributed by atoms with Gasteiger partial charge in [0.15, 0.2) is 0 Å². The van der Waals surface area contributed by atoms with Crippen molar-refractivity contribution in [3.63, 3.8) is 0 Å². The number of carbonyl (C=O) groups excluding carboxylic acids is 2. The van der Waals surface area contributed by atoms with Gasteiger partial charge in [-0.3, -0.25) is 9.59 Å². The van der Waals surface area contributed by atoms with Gasteiger partial charge < -0.3 is 15.5 Å². The van der Waals surface area contributed by atoms with Crippen molar-refractivity contribution in [1.82, 2.24) is 9.80 Å². The zero-order valence-electron chi connectivity index (χ0n) is 14.1. The Morgan fingerprint density at radius 3 is 2.62 bits per heavy atom. The summed E-state index contributed by atoms with van der Waals surface area (Å²) in [6.45, 7) is 3.92. The third-order valence-corrected chi connectivity index (χ3v) is 4.86. The average molecular weight is 352 g/mol. The minimum absolute atomic E-state index is 0. The summed E-state index contributed by atoms with van der Waals surface area (Å²) in [6, 6.07) is 7.87. The van der Waals surface area contributed by atoms with Gasteiger partial charge in [0.1, 0.15) is 6.04 Å². The highest BCUT2D eigenvalue weighted by Gasteiger charge is 2.38. The second kappa shape index (κ2) is 7.99. The Labute approximate surface area is 149 Å². The SMILES string of the molecule is Cc1ccc(CN2C(=O)CCC2C(=O)N2CCCC(N)C2)cc1.Cl. The number of hydrogen-bond acceptors (Lipinski definition) is 3. The molecule has 0 aromatic heterocycles. The lowest BCUT2D eigenvalue weighted by atomic mass is 10.0. The molecule has 132 valence electrons. The summed E-state index contributed by atoms with van der Waals surface area (Å²) in [5.41, 5.74) is 8.25. The average Bonchev–Trinajstić information content (AvgIpc) is 2.90. The van der Waals surface area contributed by atoms with E-state index in [0.29, 0.717) is 25.9 Å². The van der Waals surface area contributed by atoms with E-state index in [2.05, 4.69) is 0 Å². The first kappa shape index (κ1) is 18.7. The lowest BCUT2D eigenvalue weighted by Gasteiger charge is -2.35. The Bertz CT molecular complexity index is 590. The number of carbonyl (C=O) groups is 2. The molecular weight excluding hydrogens is 326 g/mol. The Morgan fingerprint density at radius 2 is 1.96 bits per heavy atom. The van der Waals surface area contributed by atoms with Crippen molar-refractivity contribution in [3.8, 4) is 0 Å². The van der Waals surface area contributed by atoms with E-state index in [0.717, 1.165) is 24.9 Å². The summed E-state index contributed by atoms with van der Waals surface area (Å²) in [5, 5.41) is 0. The molecule has 3 rings (SSSR count). The largest absolute Gasteiger partial charge is 0.339 e. The van der Waals surface area contributed by atoms with E-state index >= 15 is 0 Å². The van der Waals surface area contributed by atoms with Crippen molar-refractivity contribution in [3.05, 3.63) is 35.4 Å². The maximum absolute atomic E-state index is 12.8. The van der Waals surface area contributed by atoms with E-state index < -0.39 is 0 Å². The molecular formula is C18H26ClN3O2. The summed E-state index contributed by atoms with van der Waals surface area (Å²) in [4.78, 5) is 28.7. The van der Waals surface area contributed by atoms with Crippen molar-refractivity contribution < 1.29 is 9.59 Å². The molecule has 0 spiro atoms. The lowest BCUT2D eigenvalue weighted by Crippen LogP contribution is -2.52. The van der Waals surface area contributed by atoms with Gasteiger partial charge in [0.2, 0.25) is 11.8 Å². The molecule has 2 unspecified atom stereocenters. The van der Waals surface area contributed by atoms with E-state index in [1.165, 1.54) is 5.56 Å². The van der Waals surface area contributed by atoms with Crippen molar-refractivity contribution >= 4 is 24.2 Å². The number of benzene rings is 1. The molecule has 1 aromatic rings. The van der Waals surface area contributed by atoms with Crippen LogP contribution in [0.2, 0.25) is 0 Å². The van der Waals surface area contributed by atoms with Crippen LogP contribution < -0.4 is 5.73 Å². The summed E-state index contributed by atoms with van der Waals surface area (Å²) < 4.78 is 0. The number of aryl methyl sites for hydroxylation is 1. The summed E-state index contributed by atoms with van der Waals surface area (Å²) in [6.07, 6.45) is 3.00. The monoisotopic (exact) mass is 351 g/mol. The van der Waals surface area contributed by atoms with Gasteiger partial charge in [-0.25, -0.2) is 0 Å². The van der Waals surface area contributed by atoms with Gasteiger partial charge in [0.25, 0.3) is 0 Å². The van der Waals surface area contributed by atoms with Crippen LogP contribution in [0.15, 0.2) is 24.3 Å². The van der Waals surface area contributed by atoms with Gasteiger partial charge in [-0.15, -0.1) is 12.4 Å². The first-order valence-corrected chi connectivity index (χ1v) is 8.44. The van der Waals surface area contributed by atoms with Gasteiger partial charge in [-0.1, -0.05) is 29.8 Å². The highest BCUT2D eigenvalue weighted by molar-refractivity contribution is 5.91. The molecule has 0 radical (unpaired) electrons. The van der Waals surface area contributed by atoms with E-state index in [1.807, 2.05) is 36.1 Å². The fourth-order valence-electron chi connectivity index (χ4n) is 3.50. The normalized spacial score (nSPS) is 24.0. The molecule has 0 aliphatic carbocycles. The van der Waals surface area contributed by atoms with Crippen LogP contribution in [-0.2, 0) is 16.1 Å². The molecule has 2 N–H and O–H groups in total. The van der Waals surface area contributed by atoms with Crippen molar-refractivity contribution in [1.29, 1.82) is 0 Å². The molecule has 0 bridgehead atoms. The smallest absolute Gasteiger partial charge is 0.245 e. The van der Waals surface area contributed by atoms with E-state index in [4.69, 9.17) is 5.73 Å². The molecule has 2 aliphatic heterocycles. The van der Waals surface area contributed by atoms with Gasteiger partial charge in [-0.2, -0.15) is 0 Å². The van der Waals surface area contributed by atoms with E-state index in [-0.39, 0.29) is 36.3 Å². The number of hydrogen-bond donors (Lipinski definition) is 1. The van der Waals surface area contributed by atoms with E-state index in [1.54, 1.807) is 4.90 Å². The molecule has 2 atom stereocenters. The zero-order chi connectivity index (χ0) is 16.4. The zero-order valence-corrected chi connectivity index (χ0v) is 14.9.